The smallest absolute Gasteiger partial charge is 0.255 e. The number of carbonyl (C=O) groups is 1. The van der Waals surface area contributed by atoms with Crippen molar-refractivity contribution in [3.05, 3.63) is 24.3 Å². The Kier molecular flexibility index (Phi) is 7.55. The topological polar surface area (TPSA) is 64.3 Å². The van der Waals surface area contributed by atoms with Gasteiger partial charge in [-0.2, -0.15) is 0 Å². The third kappa shape index (κ3) is 7.02. The zero-order valence-corrected chi connectivity index (χ0v) is 12.5. The summed E-state index contributed by atoms with van der Waals surface area (Å²) in [5.41, 5.74) is 6.07. The van der Waals surface area contributed by atoms with E-state index in [9.17, 15) is 4.79 Å². The number of benzene rings is 1. The summed E-state index contributed by atoms with van der Waals surface area (Å²) in [5.74, 6) is 0.194. The second-order valence-electron chi connectivity index (χ2n) is 5.18. The highest BCUT2D eigenvalue weighted by Gasteiger charge is 2.04. The molecule has 0 saturated carbocycles. The fourth-order valence-electron chi connectivity index (χ4n) is 2.06. The van der Waals surface area contributed by atoms with Crippen molar-refractivity contribution >= 4 is 11.6 Å². The van der Waals surface area contributed by atoms with Crippen molar-refractivity contribution in [1.82, 2.24) is 0 Å². The number of hydrogen-bond donors (Lipinski definition) is 2. The van der Waals surface area contributed by atoms with E-state index in [-0.39, 0.29) is 6.61 Å². The molecule has 0 heterocycles. The van der Waals surface area contributed by atoms with E-state index in [0.717, 1.165) is 12.1 Å². The average molecular weight is 278 g/mol. The lowest BCUT2D eigenvalue weighted by Crippen LogP contribution is -2.20. The Balaban J connectivity index is 2.38. The van der Waals surface area contributed by atoms with Crippen molar-refractivity contribution in [1.29, 1.82) is 0 Å². The number of anilines is 1. The Hall–Kier alpha value is -1.71. The minimum absolute atomic E-state index is 0.0873. The summed E-state index contributed by atoms with van der Waals surface area (Å²) < 4.78 is 5.29. The molecule has 0 aliphatic heterocycles. The summed E-state index contributed by atoms with van der Waals surface area (Å²) in [6, 6.07) is 8.05. The van der Waals surface area contributed by atoms with Crippen LogP contribution < -0.4 is 15.8 Å². The molecule has 0 fully saturated rings. The van der Waals surface area contributed by atoms with E-state index in [2.05, 4.69) is 19.2 Å². The first-order chi connectivity index (χ1) is 9.61. The minimum Gasteiger partial charge on any atom is -0.484 e. The Bertz CT molecular complexity index is 407. The highest BCUT2D eigenvalue weighted by molar-refractivity contribution is 5.75. The molecular formula is C16H26N2O2. The van der Waals surface area contributed by atoms with Crippen LogP contribution in [0.15, 0.2) is 24.3 Å². The van der Waals surface area contributed by atoms with Gasteiger partial charge in [0, 0.05) is 17.8 Å². The number of unbranched alkanes of at least 4 members (excludes halogenated alkanes) is 3. The van der Waals surface area contributed by atoms with Crippen LogP contribution in [0.25, 0.3) is 0 Å². The maximum Gasteiger partial charge on any atom is 0.255 e. The van der Waals surface area contributed by atoms with Crippen LogP contribution in [0.5, 0.6) is 5.75 Å². The number of nitrogens with two attached hydrogens (primary N) is 1. The molecule has 0 aliphatic rings. The Morgan fingerprint density at radius 3 is 2.85 bits per heavy atom. The molecular weight excluding hydrogens is 252 g/mol. The standard InChI is InChI=1S/C16H26N2O2/c1-3-4-5-6-8-13(2)18-14-9-7-10-15(11-14)20-12-16(17)19/h7,9-11,13,18H,3-6,8,12H2,1-2H3,(H2,17,19). The quantitative estimate of drug-likeness (QED) is 0.645. The molecule has 0 aliphatic carbocycles. The predicted molar refractivity (Wildman–Crippen MR) is 83.0 cm³/mol. The molecule has 0 aromatic heterocycles. The maximum absolute atomic E-state index is 10.7. The zero-order chi connectivity index (χ0) is 14.8. The number of nitrogens with one attached hydrogen (secondary N) is 1. The van der Waals surface area contributed by atoms with E-state index in [1.165, 1.54) is 25.7 Å². The highest BCUT2D eigenvalue weighted by atomic mass is 16.5. The van der Waals surface area contributed by atoms with Gasteiger partial charge in [-0.25, -0.2) is 0 Å². The van der Waals surface area contributed by atoms with Gasteiger partial charge in [-0.15, -0.1) is 0 Å². The molecule has 112 valence electrons. The van der Waals surface area contributed by atoms with Gasteiger partial charge in [0.1, 0.15) is 5.75 Å². The fourth-order valence-corrected chi connectivity index (χ4v) is 2.06. The van der Waals surface area contributed by atoms with Crippen LogP contribution in [-0.2, 0) is 4.79 Å². The first-order valence-electron chi connectivity index (χ1n) is 7.39. The molecule has 0 bridgehead atoms. The Labute approximate surface area is 121 Å². The number of ether oxygens (including phenoxy) is 1. The van der Waals surface area contributed by atoms with Gasteiger partial charge in [-0.1, -0.05) is 38.7 Å². The zero-order valence-electron chi connectivity index (χ0n) is 12.5. The van der Waals surface area contributed by atoms with E-state index in [0.29, 0.717) is 11.8 Å². The van der Waals surface area contributed by atoms with Crippen LogP contribution in [0.3, 0.4) is 0 Å². The number of hydrogen-bond acceptors (Lipinski definition) is 3. The number of amides is 1. The molecule has 1 atom stereocenters. The molecule has 3 N–H and O–H groups in total. The lowest BCUT2D eigenvalue weighted by molar-refractivity contribution is -0.119. The van der Waals surface area contributed by atoms with Crippen LogP contribution in [0, 0.1) is 0 Å². The summed E-state index contributed by atoms with van der Waals surface area (Å²) in [6.07, 6.45) is 6.28. The predicted octanol–water partition coefficient (Wildman–Crippen LogP) is 3.32. The fraction of sp³-hybridized carbons (Fsp3) is 0.562. The van der Waals surface area contributed by atoms with Gasteiger partial charge < -0.3 is 15.8 Å². The van der Waals surface area contributed by atoms with Crippen LogP contribution in [0.2, 0.25) is 0 Å². The van der Waals surface area contributed by atoms with E-state index >= 15 is 0 Å². The van der Waals surface area contributed by atoms with Crippen LogP contribution in [0.1, 0.15) is 46.0 Å². The van der Waals surface area contributed by atoms with Crippen molar-refractivity contribution < 1.29 is 9.53 Å². The molecule has 0 spiro atoms. The van der Waals surface area contributed by atoms with Gasteiger partial charge in [0.15, 0.2) is 6.61 Å². The molecule has 1 rings (SSSR count). The Morgan fingerprint density at radius 1 is 1.35 bits per heavy atom. The summed E-state index contributed by atoms with van der Waals surface area (Å²) in [5, 5.41) is 3.45. The van der Waals surface area contributed by atoms with Crippen molar-refractivity contribution in [3.63, 3.8) is 0 Å². The SMILES string of the molecule is CCCCCCC(C)Nc1cccc(OCC(N)=O)c1. The van der Waals surface area contributed by atoms with Crippen LogP contribution in [0.4, 0.5) is 5.69 Å². The van der Waals surface area contributed by atoms with Crippen LogP contribution >= 0.6 is 0 Å². The van der Waals surface area contributed by atoms with Crippen molar-refractivity contribution in [2.24, 2.45) is 5.73 Å². The van der Waals surface area contributed by atoms with Crippen molar-refractivity contribution in [3.8, 4) is 5.75 Å². The minimum atomic E-state index is -0.465. The maximum atomic E-state index is 10.7. The van der Waals surface area contributed by atoms with E-state index in [4.69, 9.17) is 10.5 Å². The summed E-state index contributed by atoms with van der Waals surface area (Å²) in [6.45, 7) is 4.32. The molecule has 4 nitrogen and oxygen atoms in total. The van der Waals surface area contributed by atoms with Gasteiger partial charge in [-0.3, -0.25) is 4.79 Å². The lowest BCUT2D eigenvalue weighted by atomic mass is 10.1. The highest BCUT2D eigenvalue weighted by Crippen LogP contribution is 2.19. The van der Waals surface area contributed by atoms with Gasteiger partial charge in [-0.05, 0) is 25.5 Å². The van der Waals surface area contributed by atoms with Gasteiger partial charge >= 0.3 is 0 Å². The number of rotatable bonds is 10. The van der Waals surface area contributed by atoms with Crippen molar-refractivity contribution in [2.75, 3.05) is 11.9 Å². The third-order valence-corrected chi connectivity index (χ3v) is 3.12. The first-order valence-corrected chi connectivity index (χ1v) is 7.39. The molecule has 0 saturated heterocycles. The molecule has 1 aromatic rings. The molecule has 1 amide bonds. The molecule has 1 unspecified atom stereocenters. The molecule has 0 radical (unpaired) electrons. The Morgan fingerprint density at radius 2 is 2.15 bits per heavy atom. The summed E-state index contributed by atoms with van der Waals surface area (Å²) in [4.78, 5) is 10.7. The number of carbonyl (C=O) groups excluding carboxylic acids is 1. The largest absolute Gasteiger partial charge is 0.484 e. The first kappa shape index (κ1) is 16.3. The molecule has 4 heteroatoms. The van der Waals surface area contributed by atoms with E-state index in [1.54, 1.807) is 0 Å². The van der Waals surface area contributed by atoms with Gasteiger partial charge in [0.05, 0.1) is 0 Å². The van der Waals surface area contributed by atoms with E-state index < -0.39 is 5.91 Å². The second kappa shape index (κ2) is 9.23. The lowest BCUT2D eigenvalue weighted by Gasteiger charge is -2.16. The van der Waals surface area contributed by atoms with Crippen molar-refractivity contribution in [2.45, 2.75) is 52.0 Å². The summed E-state index contributed by atoms with van der Waals surface area (Å²) in [7, 11) is 0. The summed E-state index contributed by atoms with van der Waals surface area (Å²) >= 11 is 0. The molecule has 1 aromatic carbocycles. The second-order valence-corrected chi connectivity index (χ2v) is 5.18. The van der Waals surface area contributed by atoms with Crippen LogP contribution in [-0.4, -0.2) is 18.6 Å². The monoisotopic (exact) mass is 278 g/mol. The van der Waals surface area contributed by atoms with Gasteiger partial charge in [0.25, 0.3) is 5.91 Å². The normalized spacial score (nSPS) is 11.9. The number of primary amides is 1. The third-order valence-electron chi connectivity index (χ3n) is 3.12. The molecule has 20 heavy (non-hydrogen) atoms. The average Bonchev–Trinajstić information content (AvgIpc) is 2.42. The van der Waals surface area contributed by atoms with E-state index in [1.807, 2.05) is 24.3 Å². The van der Waals surface area contributed by atoms with Gasteiger partial charge in [0.2, 0.25) is 0 Å².